The quantitative estimate of drug-likeness (QED) is 0.902. The van der Waals surface area contributed by atoms with Crippen molar-refractivity contribution < 1.29 is 13.9 Å². The van der Waals surface area contributed by atoms with E-state index in [0.717, 1.165) is 6.20 Å². The molecule has 84 valence electrons. The molecule has 3 nitrogen and oxygen atoms in total. The molecule has 0 spiro atoms. The topological polar surface area (TPSA) is 46.3 Å². The van der Waals surface area contributed by atoms with Crippen molar-refractivity contribution in [2.75, 3.05) is 0 Å². The van der Waals surface area contributed by atoms with E-state index in [2.05, 4.69) is 36.8 Å². The minimum Gasteiger partial charge on any atom is -0.450 e. The van der Waals surface area contributed by atoms with Gasteiger partial charge in [0.05, 0.1) is 10.7 Å². The third kappa shape index (κ3) is 2.34. The lowest BCUT2D eigenvalue weighted by Crippen LogP contribution is -1.99. The van der Waals surface area contributed by atoms with Gasteiger partial charge in [-0.3, -0.25) is 4.98 Å². The van der Waals surface area contributed by atoms with Crippen molar-refractivity contribution in [3.63, 3.8) is 0 Å². The van der Waals surface area contributed by atoms with Gasteiger partial charge < -0.3 is 9.52 Å². The highest BCUT2D eigenvalue weighted by molar-refractivity contribution is 9.13. The fourth-order valence-electron chi connectivity index (χ4n) is 1.24. The van der Waals surface area contributed by atoms with Gasteiger partial charge in [-0.25, -0.2) is 4.39 Å². The Bertz CT molecular complexity index is 496. The number of aliphatic hydroxyl groups excluding tert-OH is 1. The van der Waals surface area contributed by atoms with Crippen LogP contribution in [0.15, 0.2) is 38.1 Å². The zero-order chi connectivity index (χ0) is 11.7. The first-order valence-electron chi connectivity index (χ1n) is 4.31. The summed E-state index contributed by atoms with van der Waals surface area (Å²) in [5.74, 6) is -0.188. The van der Waals surface area contributed by atoms with Crippen molar-refractivity contribution >= 4 is 31.9 Å². The Morgan fingerprint density at radius 1 is 1.31 bits per heavy atom. The molecule has 6 heteroatoms. The van der Waals surface area contributed by atoms with E-state index in [0.29, 0.717) is 20.5 Å². The highest BCUT2D eigenvalue weighted by Crippen LogP contribution is 2.32. The zero-order valence-electron chi connectivity index (χ0n) is 7.82. The van der Waals surface area contributed by atoms with Gasteiger partial charge in [-0.05, 0) is 44.0 Å². The molecule has 1 atom stereocenters. The smallest absolute Gasteiger partial charge is 0.183 e. The summed E-state index contributed by atoms with van der Waals surface area (Å²) in [6.45, 7) is 0. The SMILES string of the molecule is OC(c1cncc(F)c1)c1cc(Br)c(Br)o1. The second kappa shape index (κ2) is 4.65. The summed E-state index contributed by atoms with van der Waals surface area (Å²) >= 11 is 6.39. The Morgan fingerprint density at radius 3 is 2.62 bits per heavy atom. The summed E-state index contributed by atoms with van der Waals surface area (Å²) < 4.78 is 19.3. The van der Waals surface area contributed by atoms with Crippen LogP contribution < -0.4 is 0 Å². The Kier molecular flexibility index (Phi) is 3.41. The van der Waals surface area contributed by atoms with Gasteiger partial charge in [0.2, 0.25) is 0 Å². The highest BCUT2D eigenvalue weighted by atomic mass is 79.9. The lowest BCUT2D eigenvalue weighted by molar-refractivity contribution is 0.187. The van der Waals surface area contributed by atoms with Crippen LogP contribution in [0.2, 0.25) is 0 Å². The molecule has 0 saturated carbocycles. The second-order valence-electron chi connectivity index (χ2n) is 3.11. The van der Waals surface area contributed by atoms with Gasteiger partial charge in [0, 0.05) is 11.8 Å². The number of aliphatic hydroxyl groups is 1. The highest BCUT2D eigenvalue weighted by Gasteiger charge is 2.17. The lowest BCUT2D eigenvalue weighted by Gasteiger charge is -2.06. The van der Waals surface area contributed by atoms with Gasteiger partial charge in [0.25, 0.3) is 0 Å². The number of pyridine rings is 1. The minimum absolute atomic E-state index is 0.311. The van der Waals surface area contributed by atoms with E-state index in [1.54, 1.807) is 6.07 Å². The molecule has 0 fully saturated rings. The molecular weight excluding hydrogens is 345 g/mol. The Labute approximate surface area is 108 Å². The normalized spacial score (nSPS) is 12.8. The van der Waals surface area contributed by atoms with Gasteiger partial charge in [-0.2, -0.15) is 0 Å². The molecule has 0 aliphatic rings. The lowest BCUT2D eigenvalue weighted by atomic mass is 10.1. The number of halogens is 3. The fraction of sp³-hybridized carbons (Fsp3) is 0.100. The van der Waals surface area contributed by atoms with Gasteiger partial charge in [0.1, 0.15) is 17.7 Å². The Balaban J connectivity index is 2.35. The molecule has 0 radical (unpaired) electrons. The molecule has 0 amide bonds. The number of furan rings is 1. The molecule has 2 heterocycles. The van der Waals surface area contributed by atoms with Crippen LogP contribution in [0.1, 0.15) is 17.4 Å². The van der Waals surface area contributed by atoms with Gasteiger partial charge >= 0.3 is 0 Å². The third-order valence-electron chi connectivity index (χ3n) is 1.98. The van der Waals surface area contributed by atoms with Crippen LogP contribution in [0.4, 0.5) is 4.39 Å². The van der Waals surface area contributed by atoms with E-state index in [1.165, 1.54) is 12.3 Å². The minimum atomic E-state index is -1.04. The molecule has 2 aromatic heterocycles. The van der Waals surface area contributed by atoms with Crippen molar-refractivity contribution in [2.45, 2.75) is 6.10 Å². The van der Waals surface area contributed by atoms with E-state index >= 15 is 0 Å². The first-order chi connectivity index (χ1) is 7.58. The molecule has 0 aromatic carbocycles. The zero-order valence-corrected chi connectivity index (χ0v) is 11.0. The van der Waals surface area contributed by atoms with E-state index in [1.807, 2.05) is 0 Å². The van der Waals surface area contributed by atoms with Gasteiger partial charge in [-0.1, -0.05) is 0 Å². The summed E-state index contributed by atoms with van der Waals surface area (Å²) in [7, 11) is 0. The average Bonchev–Trinajstić information content (AvgIpc) is 2.58. The molecule has 2 rings (SSSR count). The Morgan fingerprint density at radius 2 is 2.06 bits per heavy atom. The Hall–Kier alpha value is -0.720. The van der Waals surface area contributed by atoms with Crippen LogP contribution in [-0.2, 0) is 0 Å². The van der Waals surface area contributed by atoms with Crippen molar-refractivity contribution in [2.24, 2.45) is 0 Å². The average molecular weight is 351 g/mol. The molecule has 2 aromatic rings. The molecule has 1 N–H and O–H groups in total. The van der Waals surface area contributed by atoms with Gasteiger partial charge in [0.15, 0.2) is 4.67 Å². The van der Waals surface area contributed by atoms with Crippen molar-refractivity contribution in [1.82, 2.24) is 4.98 Å². The van der Waals surface area contributed by atoms with Crippen LogP contribution in [-0.4, -0.2) is 10.1 Å². The predicted molar refractivity (Wildman–Crippen MR) is 62.4 cm³/mol. The van der Waals surface area contributed by atoms with Crippen molar-refractivity contribution in [3.8, 4) is 0 Å². The van der Waals surface area contributed by atoms with Gasteiger partial charge in [-0.15, -0.1) is 0 Å². The summed E-state index contributed by atoms with van der Waals surface area (Å²) in [6, 6.07) is 2.82. The second-order valence-corrected chi connectivity index (χ2v) is 4.68. The third-order valence-corrected chi connectivity index (χ3v) is 3.69. The molecule has 0 saturated heterocycles. The van der Waals surface area contributed by atoms with Crippen LogP contribution in [0.5, 0.6) is 0 Å². The maximum atomic E-state index is 12.9. The molecule has 0 bridgehead atoms. The molecule has 1 unspecified atom stereocenters. The number of hydrogen-bond donors (Lipinski definition) is 1. The fourth-order valence-corrected chi connectivity index (χ4v) is 1.85. The first kappa shape index (κ1) is 11.8. The number of nitrogens with zero attached hydrogens (tertiary/aromatic N) is 1. The predicted octanol–water partition coefficient (Wildman–Crippen LogP) is 3.42. The van der Waals surface area contributed by atoms with E-state index < -0.39 is 11.9 Å². The summed E-state index contributed by atoms with van der Waals surface area (Å²) in [5, 5.41) is 9.91. The number of hydrogen-bond acceptors (Lipinski definition) is 3. The maximum Gasteiger partial charge on any atom is 0.183 e. The summed E-state index contributed by atoms with van der Waals surface area (Å²) in [6.07, 6.45) is 1.42. The standard InChI is InChI=1S/C10H6Br2FNO2/c11-7-2-8(16-10(7)12)9(15)5-1-6(13)4-14-3-5/h1-4,9,15H. The van der Waals surface area contributed by atoms with Crippen LogP contribution in [0.3, 0.4) is 0 Å². The van der Waals surface area contributed by atoms with E-state index in [-0.39, 0.29) is 0 Å². The summed E-state index contributed by atoms with van der Waals surface area (Å²) in [4.78, 5) is 3.66. The van der Waals surface area contributed by atoms with E-state index in [9.17, 15) is 9.50 Å². The van der Waals surface area contributed by atoms with Crippen LogP contribution in [0, 0.1) is 5.82 Å². The molecule has 0 aliphatic heterocycles. The van der Waals surface area contributed by atoms with E-state index in [4.69, 9.17) is 4.42 Å². The molecule has 16 heavy (non-hydrogen) atoms. The van der Waals surface area contributed by atoms with Crippen molar-refractivity contribution in [3.05, 3.63) is 50.8 Å². The molecule has 0 aliphatic carbocycles. The monoisotopic (exact) mass is 349 g/mol. The van der Waals surface area contributed by atoms with Crippen molar-refractivity contribution in [1.29, 1.82) is 0 Å². The largest absolute Gasteiger partial charge is 0.450 e. The van der Waals surface area contributed by atoms with Crippen LogP contribution in [0.25, 0.3) is 0 Å². The van der Waals surface area contributed by atoms with Crippen LogP contribution >= 0.6 is 31.9 Å². The molecular formula is C10H6Br2FNO2. The maximum absolute atomic E-state index is 12.9. The number of rotatable bonds is 2. The summed E-state index contributed by atoms with van der Waals surface area (Å²) in [5.41, 5.74) is 0.341. The first-order valence-corrected chi connectivity index (χ1v) is 5.90. The number of aromatic nitrogens is 1.